The minimum Gasteiger partial charge on any atom is -0.344 e. The molecular weight excluding hydrogens is 220 g/mol. The molecule has 1 saturated heterocycles. The summed E-state index contributed by atoms with van der Waals surface area (Å²) in [5, 5.41) is 5.00. The molecule has 3 amide bonds. The molecule has 0 aromatic rings. The molecule has 1 heterocycles. The fraction of sp³-hybridized carbons (Fsp3) is 0.750. The molecular formula is C12H18N2O3. The molecule has 0 bridgehead atoms. The molecule has 3 unspecified atom stereocenters. The summed E-state index contributed by atoms with van der Waals surface area (Å²) >= 11 is 0. The summed E-state index contributed by atoms with van der Waals surface area (Å²) in [5.74, 6) is -0.247. The van der Waals surface area contributed by atoms with E-state index < -0.39 is 6.04 Å². The first-order valence-electron chi connectivity index (χ1n) is 6.22. The molecule has 0 aromatic carbocycles. The van der Waals surface area contributed by atoms with Gasteiger partial charge in [-0.15, -0.1) is 0 Å². The second-order valence-electron chi connectivity index (χ2n) is 5.03. The maximum absolute atomic E-state index is 12.0. The zero-order chi connectivity index (χ0) is 12.4. The lowest BCUT2D eigenvalue weighted by Gasteiger charge is -2.24. The van der Waals surface area contributed by atoms with Crippen LogP contribution in [0.15, 0.2) is 0 Å². The van der Waals surface area contributed by atoms with Gasteiger partial charge in [-0.3, -0.25) is 19.7 Å². The van der Waals surface area contributed by atoms with Crippen LogP contribution in [0, 0.1) is 11.8 Å². The molecule has 0 spiro atoms. The first kappa shape index (κ1) is 12.1. The van der Waals surface area contributed by atoms with Crippen LogP contribution in [-0.4, -0.2) is 23.8 Å². The molecule has 2 N–H and O–H groups in total. The smallest absolute Gasteiger partial charge is 0.249 e. The first-order chi connectivity index (χ1) is 8.08. The minimum atomic E-state index is -0.534. The van der Waals surface area contributed by atoms with Crippen molar-refractivity contribution in [1.29, 1.82) is 0 Å². The van der Waals surface area contributed by atoms with Crippen LogP contribution >= 0.6 is 0 Å². The topological polar surface area (TPSA) is 75.3 Å². The predicted octanol–water partition coefficient (Wildman–Crippen LogP) is 0.344. The Kier molecular flexibility index (Phi) is 3.45. The van der Waals surface area contributed by atoms with Gasteiger partial charge in [0.1, 0.15) is 6.04 Å². The Bertz CT molecular complexity index is 354. The van der Waals surface area contributed by atoms with Gasteiger partial charge < -0.3 is 5.32 Å². The van der Waals surface area contributed by atoms with Crippen LogP contribution in [0.25, 0.3) is 0 Å². The molecule has 5 heteroatoms. The Balaban J connectivity index is 1.90. The second-order valence-corrected chi connectivity index (χ2v) is 5.03. The summed E-state index contributed by atoms with van der Waals surface area (Å²) in [6.07, 6.45) is 3.77. The van der Waals surface area contributed by atoms with E-state index in [1.165, 1.54) is 0 Å². The lowest BCUT2D eigenvalue weighted by Crippen LogP contribution is -2.53. The number of amides is 3. The van der Waals surface area contributed by atoms with Gasteiger partial charge in [-0.25, -0.2) is 0 Å². The fourth-order valence-electron chi connectivity index (χ4n) is 2.64. The number of hydrogen-bond donors (Lipinski definition) is 2. The Morgan fingerprint density at radius 3 is 2.65 bits per heavy atom. The van der Waals surface area contributed by atoms with E-state index in [-0.39, 0.29) is 23.6 Å². The fourth-order valence-corrected chi connectivity index (χ4v) is 2.64. The molecule has 3 atom stereocenters. The Morgan fingerprint density at radius 2 is 2.06 bits per heavy atom. The average molecular weight is 238 g/mol. The molecule has 94 valence electrons. The van der Waals surface area contributed by atoms with Crippen LogP contribution in [-0.2, 0) is 14.4 Å². The summed E-state index contributed by atoms with van der Waals surface area (Å²) in [5.41, 5.74) is 0. The molecule has 0 aromatic heterocycles. The van der Waals surface area contributed by atoms with E-state index in [1.807, 2.05) is 0 Å². The number of carbonyl (C=O) groups excluding carboxylic acids is 3. The number of rotatable bonds is 2. The van der Waals surface area contributed by atoms with E-state index in [1.54, 1.807) is 0 Å². The van der Waals surface area contributed by atoms with Crippen molar-refractivity contribution in [3.05, 3.63) is 0 Å². The van der Waals surface area contributed by atoms with Gasteiger partial charge in [0.2, 0.25) is 17.7 Å². The summed E-state index contributed by atoms with van der Waals surface area (Å²) in [4.78, 5) is 34.4. The Hall–Kier alpha value is -1.39. The normalized spacial score (nSPS) is 33.4. The van der Waals surface area contributed by atoms with Crippen molar-refractivity contribution >= 4 is 17.7 Å². The lowest BCUT2D eigenvalue weighted by molar-refractivity contribution is -0.138. The highest BCUT2D eigenvalue weighted by atomic mass is 16.2. The highest BCUT2D eigenvalue weighted by Gasteiger charge is 2.33. The predicted molar refractivity (Wildman–Crippen MR) is 60.8 cm³/mol. The van der Waals surface area contributed by atoms with Crippen LogP contribution in [0.3, 0.4) is 0 Å². The van der Waals surface area contributed by atoms with Gasteiger partial charge in [-0.1, -0.05) is 13.3 Å². The SMILES string of the molecule is CC1CCCC1C(=O)NC1CCC(=O)NC1=O. The third-order valence-corrected chi connectivity index (χ3v) is 3.75. The minimum absolute atomic E-state index is 0.0282. The zero-order valence-corrected chi connectivity index (χ0v) is 9.99. The maximum Gasteiger partial charge on any atom is 0.249 e. The number of hydrogen-bond acceptors (Lipinski definition) is 3. The first-order valence-corrected chi connectivity index (χ1v) is 6.22. The molecule has 1 aliphatic carbocycles. The van der Waals surface area contributed by atoms with Crippen molar-refractivity contribution in [2.45, 2.75) is 45.1 Å². The second kappa shape index (κ2) is 4.85. The number of piperidine rings is 1. The number of carbonyl (C=O) groups is 3. The molecule has 1 saturated carbocycles. The molecule has 17 heavy (non-hydrogen) atoms. The van der Waals surface area contributed by atoms with Crippen LogP contribution in [0.2, 0.25) is 0 Å². The largest absolute Gasteiger partial charge is 0.344 e. The van der Waals surface area contributed by atoms with Crippen molar-refractivity contribution in [2.24, 2.45) is 11.8 Å². The van der Waals surface area contributed by atoms with Gasteiger partial charge in [0, 0.05) is 12.3 Å². The molecule has 5 nitrogen and oxygen atoms in total. The summed E-state index contributed by atoms with van der Waals surface area (Å²) in [7, 11) is 0. The van der Waals surface area contributed by atoms with Gasteiger partial charge >= 0.3 is 0 Å². The summed E-state index contributed by atoms with van der Waals surface area (Å²) in [6, 6.07) is -0.534. The van der Waals surface area contributed by atoms with E-state index in [9.17, 15) is 14.4 Å². The van der Waals surface area contributed by atoms with Crippen LogP contribution in [0.4, 0.5) is 0 Å². The molecule has 2 aliphatic rings. The van der Waals surface area contributed by atoms with Crippen LogP contribution < -0.4 is 10.6 Å². The van der Waals surface area contributed by atoms with E-state index in [4.69, 9.17) is 0 Å². The van der Waals surface area contributed by atoms with Gasteiger partial charge in [0.05, 0.1) is 0 Å². The molecule has 0 radical (unpaired) electrons. The van der Waals surface area contributed by atoms with E-state index in [2.05, 4.69) is 17.6 Å². The van der Waals surface area contributed by atoms with E-state index in [0.29, 0.717) is 18.8 Å². The van der Waals surface area contributed by atoms with Gasteiger partial charge in [0.15, 0.2) is 0 Å². The van der Waals surface area contributed by atoms with Gasteiger partial charge in [0.25, 0.3) is 0 Å². The zero-order valence-electron chi connectivity index (χ0n) is 9.99. The van der Waals surface area contributed by atoms with Crippen LogP contribution in [0.1, 0.15) is 39.0 Å². The number of nitrogens with one attached hydrogen (secondary N) is 2. The van der Waals surface area contributed by atoms with Crippen molar-refractivity contribution < 1.29 is 14.4 Å². The monoisotopic (exact) mass is 238 g/mol. The van der Waals surface area contributed by atoms with Crippen molar-refractivity contribution in [2.75, 3.05) is 0 Å². The standard InChI is InChI=1S/C12H18N2O3/c1-7-3-2-4-8(7)11(16)13-9-5-6-10(15)14-12(9)17/h7-9H,2-6H2,1H3,(H,13,16)(H,14,15,17). The molecule has 2 fully saturated rings. The third-order valence-electron chi connectivity index (χ3n) is 3.75. The van der Waals surface area contributed by atoms with Crippen LogP contribution in [0.5, 0.6) is 0 Å². The summed E-state index contributed by atoms with van der Waals surface area (Å²) < 4.78 is 0. The lowest BCUT2D eigenvalue weighted by atomic mass is 9.96. The third kappa shape index (κ3) is 2.65. The highest BCUT2D eigenvalue weighted by molar-refractivity contribution is 6.01. The highest BCUT2D eigenvalue weighted by Crippen LogP contribution is 2.31. The maximum atomic E-state index is 12.0. The molecule has 1 aliphatic heterocycles. The van der Waals surface area contributed by atoms with E-state index >= 15 is 0 Å². The van der Waals surface area contributed by atoms with E-state index in [0.717, 1.165) is 19.3 Å². The Morgan fingerprint density at radius 1 is 1.29 bits per heavy atom. The van der Waals surface area contributed by atoms with Gasteiger partial charge in [-0.2, -0.15) is 0 Å². The van der Waals surface area contributed by atoms with Crippen molar-refractivity contribution in [3.63, 3.8) is 0 Å². The Labute approximate surface area is 100 Å². The molecule has 2 rings (SSSR count). The average Bonchev–Trinajstić information content (AvgIpc) is 2.68. The van der Waals surface area contributed by atoms with Gasteiger partial charge in [-0.05, 0) is 25.2 Å². The van der Waals surface area contributed by atoms with Crippen molar-refractivity contribution in [3.8, 4) is 0 Å². The quantitative estimate of drug-likeness (QED) is 0.681. The van der Waals surface area contributed by atoms with Crippen molar-refractivity contribution in [1.82, 2.24) is 10.6 Å². The summed E-state index contributed by atoms with van der Waals surface area (Å²) in [6.45, 7) is 2.07. The number of imide groups is 1.